The zero-order chi connectivity index (χ0) is 18.8. The van der Waals surface area contributed by atoms with Crippen molar-refractivity contribution in [2.45, 2.75) is 27.7 Å². The lowest BCUT2D eigenvalue weighted by Crippen LogP contribution is -2.15. The number of aromatic nitrogens is 1. The van der Waals surface area contributed by atoms with Crippen molar-refractivity contribution >= 4 is 11.6 Å². The summed E-state index contributed by atoms with van der Waals surface area (Å²) >= 11 is 0. The second-order valence-corrected chi connectivity index (χ2v) is 6.69. The van der Waals surface area contributed by atoms with Gasteiger partial charge in [-0.2, -0.15) is 0 Å². The Hall–Kier alpha value is -3.07. The summed E-state index contributed by atoms with van der Waals surface area (Å²) in [5, 5.41) is 0. The highest BCUT2D eigenvalue weighted by molar-refractivity contribution is 6.19. The van der Waals surface area contributed by atoms with E-state index in [1.807, 2.05) is 64.1 Å². The van der Waals surface area contributed by atoms with E-state index in [-0.39, 0.29) is 17.3 Å². The predicted octanol–water partition coefficient (Wildman–Crippen LogP) is 4.78. The molecule has 3 nitrogen and oxygen atoms in total. The number of hydrogen-bond donors (Lipinski definition) is 0. The highest BCUT2D eigenvalue weighted by Crippen LogP contribution is 2.21. The lowest BCUT2D eigenvalue weighted by atomic mass is 9.92. The minimum atomic E-state index is -0.222. The standard InChI is InChI=1S/C23H21NO2/c1-14-7-9-16(3)19(12-14)22(25)18-6-5-11-24-21(18)23(26)20-13-15(2)8-10-17(20)4/h5-13H,1-4H3. The maximum atomic E-state index is 13.1. The van der Waals surface area contributed by atoms with Crippen molar-refractivity contribution in [1.29, 1.82) is 0 Å². The van der Waals surface area contributed by atoms with E-state index in [9.17, 15) is 9.59 Å². The van der Waals surface area contributed by atoms with E-state index in [0.29, 0.717) is 16.7 Å². The Morgan fingerprint density at radius 2 is 1.23 bits per heavy atom. The Morgan fingerprint density at radius 3 is 1.81 bits per heavy atom. The number of pyridine rings is 1. The van der Waals surface area contributed by atoms with E-state index in [1.165, 1.54) is 0 Å². The molecule has 0 aliphatic rings. The molecule has 3 heteroatoms. The Labute approximate surface area is 153 Å². The largest absolute Gasteiger partial charge is 0.289 e. The van der Waals surface area contributed by atoms with Gasteiger partial charge in [-0.05, 0) is 63.1 Å². The Kier molecular flexibility index (Phi) is 4.81. The first kappa shape index (κ1) is 17.7. The first-order valence-corrected chi connectivity index (χ1v) is 8.57. The molecule has 2 aromatic carbocycles. The summed E-state index contributed by atoms with van der Waals surface area (Å²) in [4.78, 5) is 30.5. The highest BCUT2D eigenvalue weighted by Gasteiger charge is 2.22. The van der Waals surface area contributed by atoms with Crippen LogP contribution in [0.1, 0.15) is 54.2 Å². The molecular formula is C23H21NO2. The SMILES string of the molecule is Cc1ccc(C)c(C(=O)c2cccnc2C(=O)c2cc(C)ccc2C)c1. The number of carbonyl (C=O) groups excluding carboxylic acids is 2. The summed E-state index contributed by atoms with van der Waals surface area (Å²) in [6.45, 7) is 7.68. The van der Waals surface area contributed by atoms with Gasteiger partial charge in [-0.1, -0.05) is 35.4 Å². The third-order valence-electron chi connectivity index (χ3n) is 4.54. The zero-order valence-corrected chi connectivity index (χ0v) is 15.5. The summed E-state index contributed by atoms with van der Waals surface area (Å²) < 4.78 is 0. The molecule has 3 aromatic rings. The van der Waals surface area contributed by atoms with Crippen molar-refractivity contribution in [2.75, 3.05) is 0 Å². The van der Waals surface area contributed by atoms with Gasteiger partial charge in [0.2, 0.25) is 5.78 Å². The maximum absolute atomic E-state index is 13.1. The van der Waals surface area contributed by atoms with E-state index in [2.05, 4.69) is 4.98 Å². The van der Waals surface area contributed by atoms with Crippen LogP contribution in [0.4, 0.5) is 0 Å². The lowest BCUT2D eigenvalue weighted by molar-refractivity contribution is 0.0999. The molecule has 0 radical (unpaired) electrons. The van der Waals surface area contributed by atoms with Gasteiger partial charge in [-0.15, -0.1) is 0 Å². The number of benzene rings is 2. The van der Waals surface area contributed by atoms with Crippen LogP contribution < -0.4 is 0 Å². The minimum Gasteiger partial charge on any atom is -0.289 e. The fraction of sp³-hybridized carbons (Fsp3) is 0.174. The van der Waals surface area contributed by atoms with Crippen molar-refractivity contribution in [3.8, 4) is 0 Å². The molecule has 0 atom stereocenters. The van der Waals surface area contributed by atoms with Crippen LogP contribution in [0.25, 0.3) is 0 Å². The second-order valence-electron chi connectivity index (χ2n) is 6.69. The summed E-state index contributed by atoms with van der Waals surface area (Å²) in [7, 11) is 0. The van der Waals surface area contributed by atoms with Crippen LogP contribution >= 0.6 is 0 Å². The maximum Gasteiger partial charge on any atom is 0.212 e. The molecule has 1 aromatic heterocycles. The summed E-state index contributed by atoms with van der Waals surface area (Å²) in [6, 6.07) is 14.8. The Bertz CT molecular complexity index is 936. The topological polar surface area (TPSA) is 47.0 Å². The van der Waals surface area contributed by atoms with Crippen LogP contribution in [0.15, 0.2) is 54.7 Å². The molecule has 0 amide bonds. The van der Waals surface area contributed by atoms with E-state index < -0.39 is 0 Å². The quantitative estimate of drug-likeness (QED) is 0.641. The second kappa shape index (κ2) is 7.04. The number of nitrogens with zero attached hydrogens (tertiary/aromatic N) is 1. The van der Waals surface area contributed by atoms with Gasteiger partial charge in [0.05, 0.1) is 5.56 Å². The minimum absolute atomic E-state index is 0.173. The fourth-order valence-corrected chi connectivity index (χ4v) is 3.00. The number of rotatable bonds is 4. The van der Waals surface area contributed by atoms with E-state index >= 15 is 0 Å². The smallest absolute Gasteiger partial charge is 0.212 e. The van der Waals surface area contributed by atoms with Gasteiger partial charge in [0.15, 0.2) is 5.78 Å². The van der Waals surface area contributed by atoms with Crippen LogP contribution in [0, 0.1) is 27.7 Å². The van der Waals surface area contributed by atoms with Crippen LogP contribution in [0.3, 0.4) is 0 Å². The molecule has 0 spiro atoms. The van der Waals surface area contributed by atoms with Gasteiger partial charge in [0, 0.05) is 17.3 Å². The van der Waals surface area contributed by atoms with E-state index in [4.69, 9.17) is 0 Å². The normalized spacial score (nSPS) is 10.6. The molecule has 0 saturated heterocycles. The summed E-state index contributed by atoms with van der Waals surface area (Å²) in [5.74, 6) is -0.395. The van der Waals surface area contributed by atoms with Gasteiger partial charge in [0.1, 0.15) is 5.69 Å². The van der Waals surface area contributed by atoms with Crippen LogP contribution in [0.5, 0.6) is 0 Å². The van der Waals surface area contributed by atoms with Gasteiger partial charge in [-0.25, -0.2) is 0 Å². The molecular weight excluding hydrogens is 322 g/mol. The Balaban J connectivity index is 2.12. The molecule has 3 rings (SSSR count). The number of hydrogen-bond acceptors (Lipinski definition) is 3. The molecule has 1 heterocycles. The first-order chi connectivity index (χ1) is 12.4. The zero-order valence-electron chi connectivity index (χ0n) is 15.5. The number of aryl methyl sites for hydroxylation is 4. The third-order valence-corrected chi connectivity index (χ3v) is 4.54. The molecule has 0 fully saturated rings. The van der Waals surface area contributed by atoms with Crippen LogP contribution in [-0.2, 0) is 0 Å². The van der Waals surface area contributed by atoms with Crippen molar-refractivity contribution in [2.24, 2.45) is 0 Å². The monoisotopic (exact) mass is 343 g/mol. The average molecular weight is 343 g/mol. The molecule has 0 unspecified atom stereocenters. The van der Waals surface area contributed by atoms with E-state index in [0.717, 1.165) is 22.3 Å². The van der Waals surface area contributed by atoms with Crippen molar-refractivity contribution < 1.29 is 9.59 Å². The number of ketones is 2. The van der Waals surface area contributed by atoms with Crippen molar-refractivity contribution in [1.82, 2.24) is 4.98 Å². The number of carbonyl (C=O) groups is 2. The molecule has 130 valence electrons. The molecule has 0 N–H and O–H groups in total. The van der Waals surface area contributed by atoms with Gasteiger partial charge in [-0.3, -0.25) is 14.6 Å². The lowest BCUT2D eigenvalue weighted by Gasteiger charge is -2.11. The fourth-order valence-electron chi connectivity index (χ4n) is 3.00. The van der Waals surface area contributed by atoms with Crippen LogP contribution in [-0.4, -0.2) is 16.6 Å². The van der Waals surface area contributed by atoms with Crippen molar-refractivity contribution in [3.63, 3.8) is 0 Å². The van der Waals surface area contributed by atoms with Gasteiger partial charge < -0.3 is 0 Å². The molecule has 0 saturated carbocycles. The Morgan fingerprint density at radius 1 is 0.692 bits per heavy atom. The first-order valence-electron chi connectivity index (χ1n) is 8.57. The molecule has 26 heavy (non-hydrogen) atoms. The van der Waals surface area contributed by atoms with Crippen molar-refractivity contribution in [3.05, 3.63) is 99.4 Å². The molecule has 0 bridgehead atoms. The van der Waals surface area contributed by atoms with Gasteiger partial charge >= 0.3 is 0 Å². The highest BCUT2D eigenvalue weighted by atomic mass is 16.1. The third kappa shape index (κ3) is 3.33. The van der Waals surface area contributed by atoms with E-state index in [1.54, 1.807) is 18.3 Å². The summed E-state index contributed by atoms with van der Waals surface area (Å²) in [5.41, 5.74) is 5.49. The predicted molar refractivity (Wildman–Crippen MR) is 103 cm³/mol. The average Bonchev–Trinajstić information content (AvgIpc) is 2.64. The van der Waals surface area contributed by atoms with Gasteiger partial charge in [0.25, 0.3) is 0 Å². The summed E-state index contributed by atoms with van der Waals surface area (Å²) in [6.07, 6.45) is 1.55. The van der Waals surface area contributed by atoms with Crippen LogP contribution in [0.2, 0.25) is 0 Å². The molecule has 0 aliphatic carbocycles. The molecule has 0 aliphatic heterocycles.